The first-order chi connectivity index (χ1) is 12.5. The summed E-state index contributed by atoms with van der Waals surface area (Å²) in [5.74, 6) is 1.42. The molecule has 0 aliphatic carbocycles. The Bertz CT molecular complexity index is 892. The maximum atomic E-state index is 11.7. The zero-order chi connectivity index (χ0) is 18.5. The molecule has 0 unspecified atom stereocenters. The highest BCUT2D eigenvalue weighted by Crippen LogP contribution is 2.23. The van der Waals surface area contributed by atoms with Gasteiger partial charge < -0.3 is 15.5 Å². The van der Waals surface area contributed by atoms with E-state index in [1.54, 1.807) is 14.1 Å². The Balaban J connectivity index is 1.77. The summed E-state index contributed by atoms with van der Waals surface area (Å²) in [4.78, 5) is 22.1. The van der Waals surface area contributed by atoms with Crippen LogP contribution in [-0.4, -0.2) is 35.0 Å². The van der Waals surface area contributed by atoms with Crippen LogP contribution >= 0.6 is 0 Å². The van der Waals surface area contributed by atoms with Crippen LogP contribution in [-0.2, 0) is 0 Å². The molecule has 0 aliphatic rings. The van der Waals surface area contributed by atoms with E-state index in [1.165, 1.54) is 4.90 Å². The molecule has 0 aliphatic heterocycles. The Morgan fingerprint density at radius 2 is 1.58 bits per heavy atom. The molecule has 0 radical (unpaired) electrons. The molecule has 26 heavy (non-hydrogen) atoms. The van der Waals surface area contributed by atoms with Gasteiger partial charge in [0.2, 0.25) is 0 Å². The number of nitrogens with one attached hydrogen (secondary N) is 2. The zero-order valence-electron chi connectivity index (χ0n) is 15.0. The molecule has 0 fully saturated rings. The lowest BCUT2D eigenvalue weighted by Crippen LogP contribution is -2.27. The number of rotatable bonds is 4. The van der Waals surface area contributed by atoms with Crippen LogP contribution in [0.3, 0.4) is 0 Å². The van der Waals surface area contributed by atoms with Crippen molar-refractivity contribution >= 4 is 23.2 Å². The van der Waals surface area contributed by atoms with E-state index in [2.05, 4.69) is 20.6 Å². The molecule has 0 saturated carbocycles. The predicted molar refractivity (Wildman–Crippen MR) is 105 cm³/mol. The van der Waals surface area contributed by atoms with Gasteiger partial charge in [0, 0.05) is 37.1 Å². The van der Waals surface area contributed by atoms with Crippen LogP contribution in [0.1, 0.15) is 5.82 Å². The molecule has 2 aromatic carbocycles. The maximum Gasteiger partial charge on any atom is 0.321 e. The van der Waals surface area contributed by atoms with Crippen LogP contribution in [0.25, 0.3) is 11.3 Å². The van der Waals surface area contributed by atoms with E-state index in [9.17, 15) is 4.79 Å². The Labute approximate surface area is 152 Å². The summed E-state index contributed by atoms with van der Waals surface area (Å²) in [5.41, 5.74) is 3.53. The fraction of sp³-hybridized carbons (Fsp3) is 0.150. The van der Waals surface area contributed by atoms with E-state index in [0.717, 1.165) is 28.5 Å². The van der Waals surface area contributed by atoms with E-state index in [1.807, 2.05) is 67.6 Å². The highest BCUT2D eigenvalue weighted by atomic mass is 16.2. The van der Waals surface area contributed by atoms with E-state index in [4.69, 9.17) is 0 Å². The third-order valence-electron chi connectivity index (χ3n) is 3.72. The van der Waals surface area contributed by atoms with Crippen LogP contribution in [0.4, 0.5) is 22.0 Å². The maximum absolute atomic E-state index is 11.7. The monoisotopic (exact) mass is 347 g/mol. The summed E-state index contributed by atoms with van der Waals surface area (Å²) in [6.45, 7) is 1.87. The van der Waals surface area contributed by atoms with Gasteiger partial charge in [-0.05, 0) is 31.2 Å². The molecule has 3 aromatic rings. The van der Waals surface area contributed by atoms with E-state index >= 15 is 0 Å². The number of hydrogen-bond acceptors (Lipinski definition) is 4. The van der Waals surface area contributed by atoms with Crippen molar-refractivity contribution in [2.75, 3.05) is 24.7 Å². The molecule has 6 heteroatoms. The standard InChI is InChI=1S/C20H21N5O/c1-14-21-18(15-7-5-4-6-8-15)13-19(22-14)23-16-9-11-17(12-10-16)24-20(26)25(2)3/h4-13H,1-3H3,(H,24,26)(H,21,22,23). The van der Waals surface area contributed by atoms with E-state index in [-0.39, 0.29) is 6.03 Å². The van der Waals surface area contributed by atoms with Crippen LogP contribution in [0, 0.1) is 6.92 Å². The van der Waals surface area contributed by atoms with Crippen LogP contribution in [0.2, 0.25) is 0 Å². The first kappa shape index (κ1) is 17.4. The fourth-order valence-corrected chi connectivity index (χ4v) is 2.41. The Kier molecular flexibility index (Phi) is 5.12. The largest absolute Gasteiger partial charge is 0.340 e. The molecular weight excluding hydrogens is 326 g/mol. The average molecular weight is 347 g/mol. The highest BCUT2D eigenvalue weighted by molar-refractivity contribution is 5.89. The van der Waals surface area contributed by atoms with Crippen molar-refractivity contribution in [3.63, 3.8) is 0 Å². The van der Waals surface area contributed by atoms with Crippen LogP contribution < -0.4 is 10.6 Å². The summed E-state index contributed by atoms with van der Waals surface area (Å²) in [7, 11) is 3.40. The van der Waals surface area contributed by atoms with E-state index < -0.39 is 0 Å². The van der Waals surface area contributed by atoms with Crippen molar-refractivity contribution in [2.24, 2.45) is 0 Å². The normalized spacial score (nSPS) is 10.3. The van der Waals surface area contributed by atoms with Gasteiger partial charge in [-0.25, -0.2) is 14.8 Å². The van der Waals surface area contributed by atoms with Crippen LogP contribution in [0.5, 0.6) is 0 Å². The topological polar surface area (TPSA) is 70.2 Å². The highest BCUT2D eigenvalue weighted by Gasteiger charge is 2.06. The summed E-state index contributed by atoms with van der Waals surface area (Å²) >= 11 is 0. The van der Waals surface area contributed by atoms with Crippen molar-refractivity contribution in [2.45, 2.75) is 6.92 Å². The van der Waals surface area contributed by atoms with Crippen molar-refractivity contribution in [1.82, 2.24) is 14.9 Å². The Hall–Kier alpha value is -3.41. The minimum Gasteiger partial charge on any atom is -0.340 e. The van der Waals surface area contributed by atoms with Gasteiger partial charge in [0.15, 0.2) is 0 Å². The molecule has 0 saturated heterocycles. The average Bonchev–Trinajstić information content (AvgIpc) is 2.63. The van der Waals surface area contributed by atoms with Gasteiger partial charge in [-0.2, -0.15) is 0 Å². The van der Waals surface area contributed by atoms with Gasteiger partial charge in [0.05, 0.1) is 5.69 Å². The van der Waals surface area contributed by atoms with Gasteiger partial charge in [-0.15, -0.1) is 0 Å². The lowest BCUT2D eigenvalue weighted by molar-refractivity contribution is 0.230. The summed E-state index contributed by atoms with van der Waals surface area (Å²) in [5, 5.41) is 6.09. The summed E-state index contributed by atoms with van der Waals surface area (Å²) in [6.07, 6.45) is 0. The molecule has 6 nitrogen and oxygen atoms in total. The minimum absolute atomic E-state index is 0.162. The lowest BCUT2D eigenvalue weighted by Gasteiger charge is -2.13. The molecule has 0 bridgehead atoms. The lowest BCUT2D eigenvalue weighted by atomic mass is 10.1. The molecule has 2 amide bonds. The minimum atomic E-state index is -0.162. The molecule has 1 aromatic heterocycles. The van der Waals surface area contributed by atoms with Crippen molar-refractivity contribution < 1.29 is 4.79 Å². The molecule has 0 spiro atoms. The quantitative estimate of drug-likeness (QED) is 0.739. The molecule has 2 N–H and O–H groups in total. The molecular formula is C20H21N5O. The van der Waals surface area contributed by atoms with Crippen LogP contribution in [0.15, 0.2) is 60.7 Å². The number of amides is 2. The molecule has 0 atom stereocenters. The Morgan fingerprint density at radius 3 is 2.23 bits per heavy atom. The third kappa shape index (κ3) is 4.36. The molecule has 3 rings (SSSR count). The van der Waals surface area contributed by atoms with Gasteiger partial charge in [-0.1, -0.05) is 30.3 Å². The number of urea groups is 1. The summed E-state index contributed by atoms with van der Waals surface area (Å²) < 4.78 is 0. The van der Waals surface area contributed by atoms with Crippen molar-refractivity contribution in [3.05, 3.63) is 66.5 Å². The number of nitrogens with zero attached hydrogens (tertiary/aromatic N) is 3. The number of aromatic nitrogens is 2. The van der Waals surface area contributed by atoms with Gasteiger partial charge in [0.25, 0.3) is 0 Å². The first-order valence-corrected chi connectivity index (χ1v) is 8.28. The van der Waals surface area contributed by atoms with E-state index in [0.29, 0.717) is 5.82 Å². The molecule has 1 heterocycles. The second-order valence-corrected chi connectivity index (χ2v) is 6.08. The fourth-order valence-electron chi connectivity index (χ4n) is 2.41. The number of benzene rings is 2. The second kappa shape index (κ2) is 7.65. The number of anilines is 3. The van der Waals surface area contributed by atoms with Gasteiger partial charge in [0.1, 0.15) is 11.6 Å². The van der Waals surface area contributed by atoms with Crippen molar-refractivity contribution in [1.29, 1.82) is 0 Å². The number of aryl methyl sites for hydroxylation is 1. The number of carbonyl (C=O) groups is 1. The third-order valence-corrected chi connectivity index (χ3v) is 3.72. The second-order valence-electron chi connectivity index (χ2n) is 6.08. The predicted octanol–water partition coefficient (Wildman–Crippen LogP) is 4.29. The zero-order valence-corrected chi connectivity index (χ0v) is 15.0. The first-order valence-electron chi connectivity index (χ1n) is 8.28. The smallest absolute Gasteiger partial charge is 0.321 e. The van der Waals surface area contributed by atoms with Gasteiger partial charge >= 0.3 is 6.03 Å². The number of carbonyl (C=O) groups excluding carboxylic acids is 1. The Morgan fingerprint density at radius 1 is 0.923 bits per heavy atom. The molecule has 132 valence electrons. The number of hydrogen-bond donors (Lipinski definition) is 2. The van der Waals surface area contributed by atoms with Crippen molar-refractivity contribution in [3.8, 4) is 11.3 Å². The van der Waals surface area contributed by atoms with Gasteiger partial charge in [-0.3, -0.25) is 0 Å². The summed E-state index contributed by atoms with van der Waals surface area (Å²) in [6, 6.07) is 19.2. The SMILES string of the molecule is Cc1nc(Nc2ccc(NC(=O)N(C)C)cc2)cc(-c2ccccc2)n1.